The molecule has 1 amide bonds. The van der Waals surface area contributed by atoms with E-state index < -0.39 is 58.7 Å². The van der Waals surface area contributed by atoms with Gasteiger partial charge in [-0.15, -0.1) is 0 Å². The van der Waals surface area contributed by atoms with Crippen LogP contribution >= 0.6 is 0 Å². The van der Waals surface area contributed by atoms with E-state index in [1.54, 1.807) is 155 Å². The Labute approximate surface area is 846 Å². The smallest absolute Gasteiger partial charge is 0.419 e. The molecule has 0 radical (unpaired) electrons. The van der Waals surface area contributed by atoms with Gasteiger partial charge < -0.3 is 86.6 Å². The molecule has 4 aliphatic rings. The molecule has 4 aliphatic heterocycles. The Balaban J connectivity index is 0.000000148. The summed E-state index contributed by atoms with van der Waals surface area (Å²) in [4.78, 5) is 68.0. The van der Waals surface area contributed by atoms with Crippen LogP contribution in [0.1, 0.15) is 103 Å². The fourth-order valence-electron chi connectivity index (χ4n) is 17.2. The molecule has 148 heavy (non-hydrogen) atoms. The summed E-state index contributed by atoms with van der Waals surface area (Å²) >= 11 is 0. The van der Waals surface area contributed by atoms with Crippen molar-refractivity contribution in [2.45, 2.75) is 95.8 Å². The van der Waals surface area contributed by atoms with Gasteiger partial charge in [0, 0.05) is 222 Å². The number of piperazine rings is 1. The lowest BCUT2D eigenvalue weighted by Crippen LogP contribution is -2.44. The Kier molecular flexibility index (Phi) is 34.8. The molecule has 0 spiro atoms. The topological polar surface area (TPSA) is 289 Å². The van der Waals surface area contributed by atoms with Crippen molar-refractivity contribution in [3.63, 3.8) is 0 Å². The van der Waals surface area contributed by atoms with Crippen LogP contribution in [0.2, 0.25) is 0 Å². The van der Waals surface area contributed by atoms with Crippen molar-refractivity contribution in [2.75, 3.05) is 163 Å². The van der Waals surface area contributed by atoms with Crippen LogP contribution in [-0.2, 0) is 35.9 Å². The maximum absolute atomic E-state index is 14.8. The standard InChI is InChI=1S/C28H28F3N7O.C28H27F3N6O.C27H29F3N4O2.C25H25F4N5O/c1-37-12-14-38(15-13-37)19-8-9-23(25(16-19)39-2)36-26-17-24(21(18-34-26)28(29,30)31)35-22-7-4-3-6-20(22)27-32-10-5-11-33-27;1-38-25-16-19(37-14-5-2-6-15-37)10-11-23(25)36-26-17-24(21(18-34-26)28(29,30)31)35-22-9-4-3-8-20(22)27-32-12-7-13-33-27;1-18(35)14-19-8-4-5-9-22(19)32-24-16-26(31-17-21(24)27(28,29)30)33-23-11-10-20(15-25(23)36-2)34-12-6-3-7-13-34;1-30-24(35)17-7-3-4-8-20(17)32-22-14-23(31-15-18(22)25(27,28)29)33-21-10-9-16(13-19(21)26)34-11-5-2-6-12-34/h3-11,16-18H,12-15H2,1-2H3,(H2,34,35,36);3-4,7-13,16-18H,2,5-6,14-15H2,1H3,(H2,34,35,36);4-5,8-11,15-17H,3,6-7,12-14H2,1-2H3,(H2,31,32,33);3-4,7-10,13-15H,2,5-6,11-12H2,1H3,(H,30,35)(H2,31,32,33). The fourth-order valence-corrected chi connectivity index (χ4v) is 17.2. The average molecular weight is 2040 g/mol. The molecule has 0 aliphatic carbocycles. The van der Waals surface area contributed by atoms with Crippen LogP contribution in [0, 0.1) is 5.82 Å². The van der Waals surface area contributed by atoms with Crippen molar-refractivity contribution >= 4 is 126 Å². The zero-order valence-corrected chi connectivity index (χ0v) is 81.7. The highest BCUT2D eigenvalue weighted by atomic mass is 19.4. The molecular formula is C108H109F13N22O5. The number of anilines is 20. The third-order valence-electron chi connectivity index (χ3n) is 24.8. The number of carbonyl (C=O) groups is 2. The Morgan fingerprint density at radius 3 is 0.966 bits per heavy atom. The van der Waals surface area contributed by atoms with Crippen LogP contribution in [0.4, 0.5) is 171 Å². The quantitative estimate of drug-likeness (QED) is 0.0206. The summed E-state index contributed by atoms with van der Waals surface area (Å²) in [7, 11) is 8.21. The molecule has 8 aromatic carbocycles. The van der Waals surface area contributed by atoms with E-state index >= 15 is 0 Å². The summed E-state index contributed by atoms with van der Waals surface area (Å²) in [6.07, 6.45) is 1.29. The molecule has 18 rings (SSSR count). The van der Waals surface area contributed by atoms with Gasteiger partial charge in [0.1, 0.15) is 52.1 Å². The van der Waals surface area contributed by atoms with Crippen molar-refractivity contribution in [3.8, 4) is 40.0 Å². The Morgan fingerprint density at radius 1 is 0.318 bits per heavy atom. The number of amides is 1. The number of nitrogens with zero attached hydrogens (tertiary/aromatic N) is 13. The number of carbonyl (C=O) groups excluding carboxylic acids is 2. The van der Waals surface area contributed by atoms with E-state index in [0.717, 1.165) is 158 Å². The second-order valence-electron chi connectivity index (χ2n) is 35.1. The lowest BCUT2D eigenvalue weighted by Gasteiger charge is -2.34. The first-order chi connectivity index (χ1) is 71.2. The summed E-state index contributed by atoms with van der Waals surface area (Å²) < 4.78 is 198. The second-order valence-corrected chi connectivity index (χ2v) is 35.1. The van der Waals surface area contributed by atoms with Crippen molar-refractivity contribution in [3.05, 3.63) is 295 Å². The van der Waals surface area contributed by atoms with Crippen molar-refractivity contribution in [2.24, 2.45) is 0 Å². The largest absolute Gasteiger partial charge is 0.494 e. The molecule has 14 aromatic rings. The summed E-state index contributed by atoms with van der Waals surface area (Å²) in [5.41, 5.74) is 4.66. The van der Waals surface area contributed by atoms with Crippen LogP contribution in [-0.4, -0.2) is 157 Å². The molecule has 40 heteroatoms. The second kappa shape index (κ2) is 48.6. The van der Waals surface area contributed by atoms with Crippen molar-refractivity contribution in [1.82, 2.24) is 50.1 Å². The number of alkyl halides is 12. The number of methoxy groups -OCH3 is 3. The molecule has 0 atom stereocenters. The molecule has 0 saturated carbocycles. The first-order valence-corrected chi connectivity index (χ1v) is 47.8. The average Bonchev–Trinajstić information content (AvgIpc) is 0.798. The van der Waals surface area contributed by atoms with Gasteiger partial charge in [0.05, 0.1) is 100 Å². The van der Waals surface area contributed by atoms with Crippen molar-refractivity contribution < 1.29 is 80.9 Å². The van der Waals surface area contributed by atoms with E-state index in [4.69, 9.17) is 14.2 Å². The maximum Gasteiger partial charge on any atom is 0.419 e. The molecule has 9 N–H and O–H groups in total. The number of halogens is 13. The third kappa shape index (κ3) is 27.9. The summed E-state index contributed by atoms with van der Waals surface area (Å²) in [5.74, 6) is 2.13. The van der Waals surface area contributed by atoms with Crippen molar-refractivity contribution in [1.29, 1.82) is 0 Å². The first-order valence-electron chi connectivity index (χ1n) is 47.8. The van der Waals surface area contributed by atoms with E-state index in [1.807, 2.05) is 54.6 Å². The monoisotopic (exact) mass is 2040 g/mol. The highest BCUT2D eigenvalue weighted by molar-refractivity contribution is 6.00. The van der Waals surface area contributed by atoms with Gasteiger partial charge in [-0.3, -0.25) is 9.59 Å². The van der Waals surface area contributed by atoms with E-state index in [9.17, 15) is 66.7 Å². The molecule has 0 unspecified atom stereocenters. The highest BCUT2D eigenvalue weighted by Crippen LogP contribution is 2.47. The van der Waals surface area contributed by atoms with E-state index in [0.29, 0.717) is 85.9 Å². The Hall–Kier alpha value is -16.3. The van der Waals surface area contributed by atoms with Crippen LogP contribution < -0.4 is 81.7 Å². The van der Waals surface area contributed by atoms with Gasteiger partial charge in [-0.25, -0.2) is 44.3 Å². The fraction of sp³-hybridized carbons (Fsp3) is 0.278. The molecular weight excluding hydrogens is 1930 g/mol. The van der Waals surface area contributed by atoms with Crippen LogP contribution in [0.15, 0.2) is 256 Å². The number of ketones is 1. The minimum Gasteiger partial charge on any atom is -0.494 e. The van der Waals surface area contributed by atoms with E-state index in [-0.39, 0.29) is 75.2 Å². The number of likely N-dealkylation sites (N-methyl/N-ethyl adjacent to an activating group) is 1. The van der Waals surface area contributed by atoms with Gasteiger partial charge in [0.25, 0.3) is 5.91 Å². The summed E-state index contributed by atoms with van der Waals surface area (Å²) in [5, 5.41) is 26.0. The van der Waals surface area contributed by atoms with E-state index in [1.165, 1.54) is 63.2 Å². The number of Topliss-reactive ketones (excluding diaryl/α,β-unsaturated/α-hetero) is 1. The lowest BCUT2D eigenvalue weighted by molar-refractivity contribution is -0.138. The minimum absolute atomic E-state index is 0.0162. The minimum atomic E-state index is -4.70. The summed E-state index contributed by atoms with van der Waals surface area (Å²) in [6.45, 7) is 10.8. The van der Waals surface area contributed by atoms with Gasteiger partial charge >= 0.3 is 24.7 Å². The SMILES string of the molecule is CNC(=O)c1ccccc1Nc1cc(Nc2ccc(N3CCCCC3)cc2F)ncc1C(F)(F)F.COc1cc(N2CCCCC2)ccc1Nc1cc(Nc2ccccc2-c2ncccn2)c(C(F)(F)F)cn1.COc1cc(N2CCCCC2)ccc1Nc1cc(Nc2ccccc2CC(C)=O)c(C(F)(F)F)cn1.COc1cc(N2CCN(C)CC2)ccc1Nc1cc(Nc2ccccc2-c2ncccn2)c(C(F)(F)F)cn1. The molecule has 4 saturated heterocycles. The number of pyridine rings is 4. The van der Waals surface area contributed by atoms with Gasteiger partial charge in [-0.05, 0) is 187 Å². The van der Waals surface area contributed by atoms with E-state index in [2.05, 4.69) is 119 Å². The molecule has 6 aromatic heterocycles. The van der Waals surface area contributed by atoms with Gasteiger partial charge in [-0.2, -0.15) is 52.7 Å². The number of para-hydroxylation sites is 4. The number of aromatic nitrogens is 8. The number of piperidine rings is 3. The molecule has 27 nitrogen and oxygen atoms in total. The normalized spacial score (nSPS) is 13.9. The molecule has 4 fully saturated rings. The lowest BCUT2D eigenvalue weighted by atomic mass is 10.1. The third-order valence-corrected chi connectivity index (χ3v) is 24.8. The predicted octanol–water partition coefficient (Wildman–Crippen LogP) is 25.6. The van der Waals surface area contributed by atoms with Gasteiger partial charge in [0.2, 0.25) is 0 Å². The number of benzene rings is 8. The predicted molar refractivity (Wildman–Crippen MR) is 552 cm³/mol. The van der Waals surface area contributed by atoms with Crippen LogP contribution in [0.5, 0.6) is 17.2 Å². The number of hydrogen-bond donors (Lipinski definition) is 9. The molecule has 772 valence electrons. The van der Waals surface area contributed by atoms with Gasteiger partial charge in [0.15, 0.2) is 11.6 Å². The zero-order chi connectivity index (χ0) is 105. The number of nitrogens with one attached hydrogen (secondary N) is 9. The number of hydrogen-bond acceptors (Lipinski definition) is 26. The Bertz CT molecular complexity index is 6870. The Morgan fingerprint density at radius 2 is 0.622 bits per heavy atom. The summed E-state index contributed by atoms with van der Waals surface area (Å²) in [6, 6.07) is 57.4. The van der Waals surface area contributed by atoms with Crippen LogP contribution in [0.3, 0.4) is 0 Å². The number of ether oxygens (including phenoxy) is 3. The maximum atomic E-state index is 14.8. The zero-order valence-electron chi connectivity index (χ0n) is 81.7. The number of rotatable bonds is 28. The highest BCUT2D eigenvalue weighted by Gasteiger charge is 2.39. The molecule has 10 heterocycles. The molecule has 0 bridgehead atoms. The first kappa shape index (κ1) is 106. The van der Waals surface area contributed by atoms with Gasteiger partial charge in [-0.1, -0.05) is 54.6 Å². The van der Waals surface area contributed by atoms with Crippen LogP contribution in [0.25, 0.3) is 22.8 Å².